The van der Waals surface area contributed by atoms with Gasteiger partial charge in [-0.3, -0.25) is 4.90 Å². The van der Waals surface area contributed by atoms with Gasteiger partial charge in [-0.2, -0.15) is 0 Å². The molecule has 1 saturated heterocycles. The second kappa shape index (κ2) is 7.82. The molecule has 1 aliphatic rings. The van der Waals surface area contributed by atoms with E-state index in [1.165, 1.54) is 11.3 Å². The Hall–Kier alpha value is -2.18. The maximum absolute atomic E-state index is 5.46. The van der Waals surface area contributed by atoms with Crippen molar-refractivity contribution < 1.29 is 9.26 Å². The Morgan fingerprint density at radius 1 is 1.11 bits per heavy atom. The van der Waals surface area contributed by atoms with Crippen LogP contribution in [0.25, 0.3) is 22.2 Å². The van der Waals surface area contributed by atoms with Gasteiger partial charge in [0.05, 0.1) is 29.9 Å². The molecule has 6 heteroatoms. The number of imidazole rings is 1. The van der Waals surface area contributed by atoms with Gasteiger partial charge in [-0.25, -0.2) is 4.98 Å². The Labute approximate surface area is 160 Å². The Kier molecular flexibility index (Phi) is 5.27. The lowest BCUT2D eigenvalue weighted by Gasteiger charge is -2.27. The fourth-order valence-corrected chi connectivity index (χ4v) is 3.96. The van der Waals surface area contributed by atoms with E-state index in [-0.39, 0.29) is 0 Å². The highest BCUT2D eigenvalue weighted by molar-refractivity contribution is 5.83. The van der Waals surface area contributed by atoms with Gasteiger partial charge in [-0.1, -0.05) is 18.1 Å². The van der Waals surface area contributed by atoms with E-state index in [0.29, 0.717) is 0 Å². The Morgan fingerprint density at radius 2 is 1.93 bits per heavy atom. The molecule has 0 N–H and O–H groups in total. The number of aryl methyl sites for hydroxylation is 3. The van der Waals surface area contributed by atoms with Crippen molar-refractivity contribution in [1.82, 2.24) is 19.6 Å². The molecule has 0 amide bonds. The van der Waals surface area contributed by atoms with Crippen molar-refractivity contribution in [3.63, 3.8) is 0 Å². The number of hydrogen-bond acceptors (Lipinski definition) is 5. The molecular formula is C21H28N4O2. The van der Waals surface area contributed by atoms with Crippen molar-refractivity contribution in [2.24, 2.45) is 0 Å². The molecule has 144 valence electrons. The van der Waals surface area contributed by atoms with Gasteiger partial charge in [0.15, 0.2) is 0 Å². The molecule has 27 heavy (non-hydrogen) atoms. The largest absolute Gasteiger partial charge is 0.379 e. The van der Waals surface area contributed by atoms with Gasteiger partial charge in [0.2, 0.25) is 0 Å². The maximum atomic E-state index is 5.46. The topological polar surface area (TPSA) is 56.3 Å². The number of rotatable bonds is 6. The summed E-state index contributed by atoms with van der Waals surface area (Å²) in [7, 11) is 0. The molecule has 3 aromatic rings. The zero-order valence-corrected chi connectivity index (χ0v) is 16.5. The van der Waals surface area contributed by atoms with Gasteiger partial charge in [-0.15, -0.1) is 0 Å². The molecule has 4 rings (SSSR count). The third-order valence-corrected chi connectivity index (χ3v) is 5.37. The third kappa shape index (κ3) is 3.64. The predicted molar refractivity (Wildman–Crippen MR) is 106 cm³/mol. The molecule has 0 atom stereocenters. The summed E-state index contributed by atoms with van der Waals surface area (Å²) in [5.41, 5.74) is 5.39. The molecule has 1 fully saturated rings. The lowest BCUT2D eigenvalue weighted by atomic mass is 10.0. The minimum absolute atomic E-state index is 0.841. The highest BCUT2D eigenvalue weighted by atomic mass is 16.5. The molecule has 0 aliphatic carbocycles. The quantitative estimate of drug-likeness (QED) is 0.665. The van der Waals surface area contributed by atoms with Gasteiger partial charge in [-0.05, 0) is 38.0 Å². The van der Waals surface area contributed by atoms with Crippen molar-refractivity contribution in [3.8, 4) is 11.1 Å². The normalized spacial score (nSPS) is 15.7. The summed E-state index contributed by atoms with van der Waals surface area (Å²) in [4.78, 5) is 7.44. The van der Waals surface area contributed by atoms with E-state index in [4.69, 9.17) is 14.2 Å². The number of benzene rings is 1. The van der Waals surface area contributed by atoms with Crippen LogP contribution in [0.5, 0.6) is 0 Å². The van der Waals surface area contributed by atoms with Gasteiger partial charge >= 0.3 is 0 Å². The fraction of sp³-hybridized carbons (Fsp3) is 0.524. The van der Waals surface area contributed by atoms with Crippen LogP contribution in [0.1, 0.15) is 30.6 Å². The molecule has 0 radical (unpaired) electrons. The van der Waals surface area contributed by atoms with Crippen LogP contribution in [0, 0.1) is 13.8 Å². The number of nitrogens with zero attached hydrogens (tertiary/aromatic N) is 4. The molecule has 1 aliphatic heterocycles. The zero-order valence-electron chi connectivity index (χ0n) is 16.5. The molecule has 1 aromatic carbocycles. The molecule has 0 unspecified atom stereocenters. The number of ether oxygens (including phenoxy) is 1. The lowest BCUT2D eigenvalue weighted by Crippen LogP contribution is -2.38. The first-order chi connectivity index (χ1) is 13.2. The zero-order chi connectivity index (χ0) is 18.8. The van der Waals surface area contributed by atoms with Crippen LogP contribution in [0.3, 0.4) is 0 Å². The van der Waals surface area contributed by atoms with E-state index < -0.39 is 0 Å². The molecule has 6 nitrogen and oxygen atoms in total. The molecule has 2 aromatic heterocycles. The number of aromatic nitrogens is 3. The van der Waals surface area contributed by atoms with E-state index in [0.717, 1.165) is 80.3 Å². The second-order valence-corrected chi connectivity index (χ2v) is 7.29. The molecule has 0 spiro atoms. The molecule has 0 bridgehead atoms. The average Bonchev–Trinajstić information content (AvgIpc) is 3.19. The van der Waals surface area contributed by atoms with E-state index in [1.54, 1.807) is 0 Å². The standard InChI is InChI=1S/C21H28N4O2/c1-4-5-20-22-18-14-17(21-15(2)23-27-16(21)3)6-7-19(18)25(20)9-8-24-10-12-26-13-11-24/h6-7,14H,4-5,8-13H2,1-3H3. The number of fused-ring (bicyclic) bond motifs is 1. The van der Waals surface area contributed by atoms with Crippen LogP contribution >= 0.6 is 0 Å². The summed E-state index contributed by atoms with van der Waals surface area (Å²) in [6.45, 7) is 11.9. The first kappa shape index (κ1) is 18.2. The number of hydrogen-bond donors (Lipinski definition) is 0. The van der Waals surface area contributed by atoms with Crippen LogP contribution in [0.15, 0.2) is 22.7 Å². The van der Waals surface area contributed by atoms with Crippen molar-refractivity contribution in [2.75, 3.05) is 32.8 Å². The van der Waals surface area contributed by atoms with Crippen molar-refractivity contribution in [3.05, 3.63) is 35.5 Å². The average molecular weight is 368 g/mol. The van der Waals surface area contributed by atoms with Crippen LogP contribution in [0.2, 0.25) is 0 Å². The first-order valence-electron chi connectivity index (χ1n) is 9.90. The van der Waals surface area contributed by atoms with Crippen LogP contribution in [-0.2, 0) is 17.7 Å². The van der Waals surface area contributed by atoms with Crippen LogP contribution in [-0.4, -0.2) is 52.5 Å². The van der Waals surface area contributed by atoms with Crippen molar-refractivity contribution in [1.29, 1.82) is 0 Å². The monoisotopic (exact) mass is 368 g/mol. The Bertz CT molecular complexity index is 902. The number of morpholine rings is 1. The summed E-state index contributed by atoms with van der Waals surface area (Å²) < 4.78 is 13.2. The van der Waals surface area contributed by atoms with Crippen molar-refractivity contribution >= 4 is 11.0 Å². The second-order valence-electron chi connectivity index (χ2n) is 7.29. The predicted octanol–water partition coefficient (Wildman–Crippen LogP) is 3.59. The van der Waals surface area contributed by atoms with Crippen LogP contribution < -0.4 is 0 Å². The fourth-order valence-electron chi connectivity index (χ4n) is 3.96. The van der Waals surface area contributed by atoms with Crippen LogP contribution in [0.4, 0.5) is 0 Å². The third-order valence-electron chi connectivity index (χ3n) is 5.37. The highest BCUT2D eigenvalue weighted by Gasteiger charge is 2.16. The minimum Gasteiger partial charge on any atom is -0.379 e. The molecule has 3 heterocycles. The van der Waals surface area contributed by atoms with Gasteiger partial charge in [0.1, 0.15) is 11.6 Å². The minimum atomic E-state index is 0.841. The Balaban J connectivity index is 1.66. The molecule has 0 saturated carbocycles. The SMILES string of the molecule is CCCc1nc2cc(-c3c(C)noc3C)ccc2n1CCN1CCOCC1. The van der Waals surface area contributed by atoms with Gasteiger partial charge in [0, 0.05) is 38.2 Å². The first-order valence-corrected chi connectivity index (χ1v) is 9.90. The van der Waals surface area contributed by atoms with E-state index in [2.05, 4.69) is 39.7 Å². The summed E-state index contributed by atoms with van der Waals surface area (Å²) >= 11 is 0. The highest BCUT2D eigenvalue weighted by Crippen LogP contribution is 2.30. The van der Waals surface area contributed by atoms with E-state index in [9.17, 15) is 0 Å². The summed E-state index contributed by atoms with van der Waals surface area (Å²) in [5.74, 6) is 2.03. The summed E-state index contributed by atoms with van der Waals surface area (Å²) in [6, 6.07) is 6.53. The lowest BCUT2D eigenvalue weighted by molar-refractivity contribution is 0.0364. The van der Waals surface area contributed by atoms with Gasteiger partial charge in [0.25, 0.3) is 0 Å². The van der Waals surface area contributed by atoms with Crippen molar-refractivity contribution in [2.45, 2.75) is 40.2 Å². The summed E-state index contributed by atoms with van der Waals surface area (Å²) in [5, 5.41) is 4.09. The van der Waals surface area contributed by atoms with E-state index in [1.807, 2.05) is 13.8 Å². The van der Waals surface area contributed by atoms with E-state index >= 15 is 0 Å². The Morgan fingerprint density at radius 3 is 2.63 bits per heavy atom. The van der Waals surface area contributed by atoms with Gasteiger partial charge < -0.3 is 13.8 Å². The summed E-state index contributed by atoms with van der Waals surface area (Å²) in [6.07, 6.45) is 2.09. The maximum Gasteiger partial charge on any atom is 0.141 e. The smallest absolute Gasteiger partial charge is 0.141 e. The molecular weight excluding hydrogens is 340 g/mol.